The standard InChI is InChI=1S/C13H11BrN2O3/c14-7-1-2-11-9(5-7)8(3-4-19-11)12-15-6-10(16-12)13(17)18/h1-2,5-6,8H,3-4H2,(H,15,16)(H,17,18). The first kappa shape index (κ1) is 12.2. The van der Waals surface area contributed by atoms with Crippen molar-refractivity contribution in [2.24, 2.45) is 0 Å². The Balaban J connectivity index is 2.02. The van der Waals surface area contributed by atoms with Gasteiger partial charge in [-0.2, -0.15) is 0 Å². The Kier molecular flexibility index (Phi) is 3.02. The Morgan fingerprint density at radius 1 is 1.53 bits per heavy atom. The number of nitrogens with zero attached hydrogens (tertiary/aromatic N) is 1. The summed E-state index contributed by atoms with van der Waals surface area (Å²) in [5, 5.41) is 8.93. The number of hydrogen-bond acceptors (Lipinski definition) is 3. The Morgan fingerprint density at radius 2 is 2.37 bits per heavy atom. The van der Waals surface area contributed by atoms with Crippen molar-refractivity contribution in [3.05, 3.63) is 46.0 Å². The number of carboxylic acid groups (broad SMARTS) is 1. The maximum Gasteiger partial charge on any atom is 0.353 e. The zero-order valence-electron chi connectivity index (χ0n) is 9.89. The van der Waals surface area contributed by atoms with E-state index >= 15 is 0 Å². The number of fused-ring (bicyclic) bond motifs is 1. The molecular weight excluding hydrogens is 312 g/mol. The van der Waals surface area contributed by atoms with Gasteiger partial charge in [0.05, 0.1) is 12.8 Å². The minimum absolute atomic E-state index is 0.0364. The van der Waals surface area contributed by atoms with E-state index in [9.17, 15) is 4.79 Å². The molecular formula is C13H11BrN2O3. The molecule has 1 atom stereocenters. The largest absolute Gasteiger partial charge is 0.493 e. The van der Waals surface area contributed by atoms with Crippen molar-refractivity contribution in [2.45, 2.75) is 12.3 Å². The van der Waals surface area contributed by atoms with Crippen LogP contribution in [0.1, 0.15) is 34.2 Å². The van der Waals surface area contributed by atoms with Crippen molar-refractivity contribution in [3.63, 3.8) is 0 Å². The molecule has 0 saturated carbocycles. The summed E-state index contributed by atoms with van der Waals surface area (Å²) in [5.41, 5.74) is 1.13. The maximum absolute atomic E-state index is 10.9. The number of carboxylic acids is 1. The molecule has 0 fully saturated rings. The van der Waals surface area contributed by atoms with Crippen molar-refractivity contribution in [1.29, 1.82) is 0 Å². The lowest BCUT2D eigenvalue weighted by Gasteiger charge is -2.24. The molecule has 0 amide bonds. The Bertz CT molecular complexity index is 639. The van der Waals surface area contributed by atoms with Crippen LogP contribution in [0.3, 0.4) is 0 Å². The van der Waals surface area contributed by atoms with Gasteiger partial charge in [-0.05, 0) is 24.6 Å². The fourth-order valence-electron chi connectivity index (χ4n) is 2.27. The number of carbonyl (C=O) groups is 1. The van der Waals surface area contributed by atoms with Crippen molar-refractivity contribution in [2.75, 3.05) is 6.61 Å². The number of aromatic amines is 1. The second-order valence-corrected chi connectivity index (χ2v) is 5.27. The SMILES string of the molecule is O=C(O)c1cnc(C2CCOc3ccc(Br)cc32)[nH]1. The van der Waals surface area contributed by atoms with Crippen LogP contribution in [0.5, 0.6) is 5.75 Å². The first-order valence-corrected chi connectivity index (χ1v) is 6.65. The maximum atomic E-state index is 10.9. The van der Waals surface area contributed by atoms with E-state index < -0.39 is 5.97 Å². The first-order valence-electron chi connectivity index (χ1n) is 5.85. The number of imidazole rings is 1. The molecule has 0 saturated heterocycles. The van der Waals surface area contributed by atoms with Crippen LogP contribution in [0.4, 0.5) is 0 Å². The molecule has 5 nitrogen and oxygen atoms in total. The predicted molar refractivity (Wildman–Crippen MR) is 71.6 cm³/mol. The topological polar surface area (TPSA) is 75.2 Å². The fraction of sp³-hybridized carbons (Fsp3) is 0.231. The van der Waals surface area contributed by atoms with E-state index in [1.807, 2.05) is 18.2 Å². The van der Waals surface area contributed by atoms with Gasteiger partial charge < -0.3 is 14.8 Å². The number of H-pyrrole nitrogens is 1. The minimum atomic E-state index is -1.000. The Morgan fingerprint density at radius 3 is 3.11 bits per heavy atom. The van der Waals surface area contributed by atoms with Crippen LogP contribution in [0.2, 0.25) is 0 Å². The van der Waals surface area contributed by atoms with Gasteiger partial charge in [0.2, 0.25) is 0 Å². The van der Waals surface area contributed by atoms with Gasteiger partial charge in [0, 0.05) is 16.0 Å². The van der Waals surface area contributed by atoms with Crippen LogP contribution in [0, 0.1) is 0 Å². The number of rotatable bonds is 2. The van der Waals surface area contributed by atoms with Gasteiger partial charge in [0.15, 0.2) is 0 Å². The van der Waals surface area contributed by atoms with E-state index in [4.69, 9.17) is 9.84 Å². The minimum Gasteiger partial charge on any atom is -0.493 e. The van der Waals surface area contributed by atoms with E-state index in [1.54, 1.807) is 0 Å². The van der Waals surface area contributed by atoms with Gasteiger partial charge in [-0.25, -0.2) is 9.78 Å². The molecule has 2 aromatic rings. The van der Waals surface area contributed by atoms with Gasteiger partial charge in [-0.3, -0.25) is 0 Å². The van der Waals surface area contributed by atoms with Gasteiger partial charge in [0.25, 0.3) is 0 Å². The first-order chi connectivity index (χ1) is 9.15. The lowest BCUT2D eigenvalue weighted by atomic mass is 9.92. The predicted octanol–water partition coefficient (Wildman–Crippen LogP) is 2.78. The van der Waals surface area contributed by atoms with Gasteiger partial charge in [-0.1, -0.05) is 15.9 Å². The third kappa shape index (κ3) is 2.23. The van der Waals surface area contributed by atoms with Crippen LogP contribution in [-0.2, 0) is 0 Å². The molecule has 98 valence electrons. The fourth-order valence-corrected chi connectivity index (χ4v) is 2.65. The monoisotopic (exact) mass is 322 g/mol. The summed E-state index contributed by atoms with van der Waals surface area (Å²) in [5.74, 6) is 0.530. The summed E-state index contributed by atoms with van der Waals surface area (Å²) in [6, 6.07) is 5.82. The molecule has 0 radical (unpaired) electrons. The van der Waals surface area contributed by atoms with Crippen LogP contribution in [0.15, 0.2) is 28.9 Å². The molecule has 0 spiro atoms. The molecule has 1 aliphatic rings. The Labute approximate surface area is 117 Å². The summed E-state index contributed by atoms with van der Waals surface area (Å²) in [6.45, 7) is 0.600. The Hall–Kier alpha value is -1.82. The molecule has 6 heteroatoms. The molecule has 2 N–H and O–H groups in total. The van der Waals surface area contributed by atoms with E-state index in [-0.39, 0.29) is 11.6 Å². The molecule has 1 unspecified atom stereocenters. The summed E-state index contributed by atoms with van der Waals surface area (Å²) < 4.78 is 6.57. The van der Waals surface area contributed by atoms with E-state index in [1.165, 1.54) is 6.20 Å². The average Bonchev–Trinajstić information content (AvgIpc) is 2.87. The molecule has 2 heterocycles. The lowest BCUT2D eigenvalue weighted by molar-refractivity contribution is 0.0691. The molecule has 1 aromatic carbocycles. The summed E-state index contributed by atoms with van der Waals surface area (Å²) >= 11 is 3.44. The quantitative estimate of drug-likeness (QED) is 0.891. The molecule has 0 bridgehead atoms. The van der Waals surface area contributed by atoms with Gasteiger partial charge >= 0.3 is 5.97 Å². The third-order valence-electron chi connectivity index (χ3n) is 3.17. The highest BCUT2D eigenvalue weighted by Gasteiger charge is 2.26. The van der Waals surface area contributed by atoms with Crippen molar-refractivity contribution < 1.29 is 14.6 Å². The third-order valence-corrected chi connectivity index (χ3v) is 3.66. The lowest BCUT2D eigenvalue weighted by Crippen LogP contribution is -2.16. The second-order valence-electron chi connectivity index (χ2n) is 4.36. The number of benzene rings is 1. The smallest absolute Gasteiger partial charge is 0.353 e. The van der Waals surface area contributed by atoms with E-state index in [2.05, 4.69) is 25.9 Å². The number of hydrogen-bond donors (Lipinski definition) is 2. The summed E-state index contributed by atoms with van der Waals surface area (Å²) in [7, 11) is 0. The van der Waals surface area contributed by atoms with Crippen molar-refractivity contribution in [1.82, 2.24) is 9.97 Å². The van der Waals surface area contributed by atoms with Crippen molar-refractivity contribution in [3.8, 4) is 5.75 Å². The average molecular weight is 323 g/mol. The summed E-state index contributed by atoms with van der Waals surface area (Å²) in [4.78, 5) is 17.9. The molecule has 1 aromatic heterocycles. The summed E-state index contributed by atoms with van der Waals surface area (Å²) in [6.07, 6.45) is 2.13. The number of aromatic carboxylic acids is 1. The highest BCUT2D eigenvalue weighted by molar-refractivity contribution is 9.10. The van der Waals surface area contributed by atoms with Gasteiger partial charge in [0.1, 0.15) is 17.3 Å². The van der Waals surface area contributed by atoms with Crippen LogP contribution < -0.4 is 4.74 Å². The second kappa shape index (κ2) is 4.70. The van der Waals surface area contributed by atoms with E-state index in [0.717, 1.165) is 22.2 Å². The molecule has 3 rings (SSSR count). The van der Waals surface area contributed by atoms with Crippen LogP contribution in [-0.4, -0.2) is 27.7 Å². The van der Waals surface area contributed by atoms with Crippen molar-refractivity contribution >= 4 is 21.9 Å². The number of nitrogens with one attached hydrogen (secondary N) is 1. The molecule has 1 aliphatic heterocycles. The highest BCUT2D eigenvalue weighted by Crippen LogP contribution is 2.38. The van der Waals surface area contributed by atoms with E-state index in [0.29, 0.717) is 12.4 Å². The van der Waals surface area contributed by atoms with Crippen LogP contribution >= 0.6 is 15.9 Å². The number of aromatic nitrogens is 2. The number of ether oxygens (including phenoxy) is 1. The zero-order chi connectivity index (χ0) is 13.4. The molecule has 0 aliphatic carbocycles. The number of halogens is 1. The zero-order valence-corrected chi connectivity index (χ0v) is 11.5. The molecule has 19 heavy (non-hydrogen) atoms. The normalized spacial score (nSPS) is 17.6. The van der Waals surface area contributed by atoms with Gasteiger partial charge in [-0.15, -0.1) is 0 Å². The highest BCUT2D eigenvalue weighted by atomic mass is 79.9. The van der Waals surface area contributed by atoms with Crippen LogP contribution in [0.25, 0.3) is 0 Å².